The zero-order chi connectivity index (χ0) is 30.0. The second-order valence-electron chi connectivity index (χ2n) is 10.6. The zero-order valence-corrected chi connectivity index (χ0v) is 24.5. The van der Waals surface area contributed by atoms with E-state index in [2.05, 4.69) is 29.6 Å². The van der Waals surface area contributed by atoms with E-state index in [0.29, 0.717) is 34.5 Å². The Balaban J connectivity index is 1.25. The lowest BCUT2D eigenvalue weighted by Crippen LogP contribution is -2.22. The molecule has 8 nitrogen and oxygen atoms in total. The molecule has 0 spiro atoms. The molecule has 8 heteroatoms. The van der Waals surface area contributed by atoms with Crippen LogP contribution in [0.15, 0.2) is 66.7 Å². The fourth-order valence-corrected chi connectivity index (χ4v) is 4.72. The van der Waals surface area contributed by atoms with Gasteiger partial charge in [0, 0.05) is 30.9 Å². The van der Waals surface area contributed by atoms with Crippen LogP contribution in [-0.2, 0) is 24.4 Å². The van der Waals surface area contributed by atoms with Crippen molar-refractivity contribution < 1.29 is 35.0 Å². The van der Waals surface area contributed by atoms with Gasteiger partial charge in [0.2, 0.25) is 0 Å². The maximum absolute atomic E-state index is 10.6. The quantitative estimate of drug-likeness (QED) is 0.0998. The highest BCUT2D eigenvalue weighted by atomic mass is 16.5. The Morgan fingerprint density at radius 1 is 0.690 bits per heavy atom. The van der Waals surface area contributed by atoms with Gasteiger partial charge in [-0.25, -0.2) is 0 Å². The summed E-state index contributed by atoms with van der Waals surface area (Å²) >= 11 is 0. The molecule has 3 rings (SSSR count). The predicted octanol–water partition coefficient (Wildman–Crippen LogP) is 4.71. The minimum absolute atomic E-state index is 0.0395. The van der Waals surface area contributed by atoms with E-state index in [9.17, 15) is 25.5 Å². The molecule has 0 amide bonds. The Labute approximate surface area is 249 Å². The molecular weight excluding hydrogens is 534 g/mol. The number of aliphatic hydroxyl groups excluding tert-OH is 4. The van der Waals surface area contributed by atoms with Crippen LogP contribution in [-0.4, -0.2) is 58.4 Å². The van der Waals surface area contributed by atoms with Crippen molar-refractivity contribution in [2.45, 2.75) is 70.4 Å². The Bertz CT molecular complexity index is 1160. The maximum Gasteiger partial charge on any atom is 0.124 e. The standard InChI is InChI=1S/C34H47NO7/c36-23-29-20-28(13-15-31(29)38)33(40)25-42-34-16-14-27(21-30(34)24-37)32(39)22-35-17-7-1-2-8-18-41-19-9-6-12-26-10-4-3-5-11-26/h3-5,10-11,13-16,20-21,32-33,35-40H,1-2,6-9,12,17-19,22-25H2/t32-,33-/m0/s1. The number of aliphatic hydroxyl groups is 4. The summed E-state index contributed by atoms with van der Waals surface area (Å²) in [5, 5.41) is 53.2. The summed E-state index contributed by atoms with van der Waals surface area (Å²) in [4.78, 5) is 0. The minimum Gasteiger partial charge on any atom is -0.508 e. The average Bonchev–Trinajstić information content (AvgIpc) is 3.02. The van der Waals surface area contributed by atoms with E-state index >= 15 is 0 Å². The molecule has 0 saturated carbocycles. The van der Waals surface area contributed by atoms with Crippen molar-refractivity contribution in [2.75, 3.05) is 32.9 Å². The number of aryl methyl sites for hydroxylation is 1. The lowest BCUT2D eigenvalue weighted by Gasteiger charge is -2.18. The van der Waals surface area contributed by atoms with Crippen LogP contribution in [0.3, 0.4) is 0 Å². The second-order valence-corrected chi connectivity index (χ2v) is 10.6. The average molecular weight is 582 g/mol. The number of phenols is 1. The van der Waals surface area contributed by atoms with Gasteiger partial charge in [0.15, 0.2) is 0 Å². The summed E-state index contributed by atoms with van der Waals surface area (Å²) in [6, 6.07) is 20.2. The molecule has 0 unspecified atom stereocenters. The van der Waals surface area contributed by atoms with Crippen LogP contribution in [0.2, 0.25) is 0 Å². The topological polar surface area (TPSA) is 132 Å². The zero-order valence-electron chi connectivity index (χ0n) is 24.5. The fourth-order valence-electron chi connectivity index (χ4n) is 4.72. The maximum atomic E-state index is 10.6. The first kappa shape index (κ1) is 33.5. The van der Waals surface area contributed by atoms with E-state index in [-0.39, 0.29) is 25.6 Å². The predicted molar refractivity (Wildman–Crippen MR) is 163 cm³/mol. The number of unbranched alkanes of at least 4 members (excludes halogenated alkanes) is 4. The number of benzene rings is 3. The lowest BCUT2D eigenvalue weighted by molar-refractivity contribution is 0.106. The number of nitrogens with one attached hydrogen (secondary N) is 1. The summed E-state index contributed by atoms with van der Waals surface area (Å²) in [7, 11) is 0. The number of hydrogen-bond donors (Lipinski definition) is 6. The Morgan fingerprint density at radius 2 is 1.36 bits per heavy atom. The summed E-state index contributed by atoms with van der Waals surface area (Å²) in [6.07, 6.45) is 5.97. The molecule has 0 bridgehead atoms. The molecule has 230 valence electrons. The van der Waals surface area contributed by atoms with Crippen molar-refractivity contribution in [3.63, 3.8) is 0 Å². The normalized spacial score (nSPS) is 12.8. The first-order valence-electron chi connectivity index (χ1n) is 15.0. The van der Waals surface area contributed by atoms with Crippen LogP contribution in [0.4, 0.5) is 0 Å². The Hall–Kier alpha value is -2.98. The van der Waals surface area contributed by atoms with Gasteiger partial charge in [0.05, 0.1) is 19.3 Å². The van der Waals surface area contributed by atoms with Gasteiger partial charge >= 0.3 is 0 Å². The van der Waals surface area contributed by atoms with Gasteiger partial charge in [0.25, 0.3) is 0 Å². The molecule has 0 aliphatic carbocycles. The smallest absolute Gasteiger partial charge is 0.124 e. The van der Waals surface area contributed by atoms with Crippen LogP contribution in [0.5, 0.6) is 11.5 Å². The molecule has 0 aliphatic heterocycles. The van der Waals surface area contributed by atoms with Crippen molar-refractivity contribution in [3.05, 3.63) is 94.5 Å². The van der Waals surface area contributed by atoms with E-state index < -0.39 is 12.2 Å². The first-order valence-corrected chi connectivity index (χ1v) is 15.0. The van der Waals surface area contributed by atoms with Gasteiger partial charge in [-0.3, -0.25) is 0 Å². The molecule has 2 atom stereocenters. The minimum atomic E-state index is -0.986. The molecule has 0 radical (unpaired) electrons. The number of ether oxygens (including phenoxy) is 2. The van der Waals surface area contributed by atoms with E-state index in [1.807, 2.05) is 6.07 Å². The Morgan fingerprint density at radius 3 is 2.12 bits per heavy atom. The molecule has 42 heavy (non-hydrogen) atoms. The fraction of sp³-hybridized carbons (Fsp3) is 0.471. The van der Waals surface area contributed by atoms with Crippen LogP contribution in [0.25, 0.3) is 0 Å². The highest BCUT2D eigenvalue weighted by molar-refractivity contribution is 5.39. The van der Waals surface area contributed by atoms with Crippen LogP contribution in [0.1, 0.15) is 78.6 Å². The molecule has 6 N–H and O–H groups in total. The number of aromatic hydroxyl groups is 1. The van der Waals surface area contributed by atoms with E-state index in [1.54, 1.807) is 24.3 Å². The molecule has 0 aromatic heterocycles. The highest BCUT2D eigenvalue weighted by Crippen LogP contribution is 2.27. The molecule has 3 aromatic rings. The van der Waals surface area contributed by atoms with E-state index in [1.165, 1.54) is 17.7 Å². The number of rotatable bonds is 21. The van der Waals surface area contributed by atoms with Crippen molar-refractivity contribution in [3.8, 4) is 11.5 Å². The second kappa shape index (κ2) is 19.3. The first-order chi connectivity index (χ1) is 20.5. The van der Waals surface area contributed by atoms with Crippen molar-refractivity contribution in [2.24, 2.45) is 0 Å². The van der Waals surface area contributed by atoms with E-state index in [4.69, 9.17) is 9.47 Å². The van der Waals surface area contributed by atoms with Gasteiger partial charge in [-0.15, -0.1) is 0 Å². The molecular formula is C34H47NO7. The molecule has 0 aliphatic rings. The molecule has 0 heterocycles. The SMILES string of the molecule is OCc1cc([C@@H](O)COc2ccc([C@@H](O)CNCCCCCCOCCCCc3ccccc3)cc2CO)ccc1O. The van der Waals surface area contributed by atoms with E-state index in [0.717, 1.165) is 64.7 Å². The monoisotopic (exact) mass is 581 g/mol. The van der Waals surface area contributed by atoms with Crippen molar-refractivity contribution >= 4 is 0 Å². The third-order valence-corrected chi connectivity index (χ3v) is 7.27. The summed E-state index contributed by atoms with van der Waals surface area (Å²) < 4.78 is 11.5. The molecule has 0 fully saturated rings. The van der Waals surface area contributed by atoms with Gasteiger partial charge in [-0.2, -0.15) is 0 Å². The largest absolute Gasteiger partial charge is 0.508 e. The molecule has 3 aromatic carbocycles. The summed E-state index contributed by atoms with van der Waals surface area (Å²) in [6.45, 7) is 2.17. The molecule has 0 saturated heterocycles. The number of hydrogen-bond acceptors (Lipinski definition) is 8. The Kier molecular flexibility index (Phi) is 15.4. The third-order valence-electron chi connectivity index (χ3n) is 7.27. The van der Waals surface area contributed by atoms with Gasteiger partial charge in [-0.05, 0) is 79.6 Å². The summed E-state index contributed by atoms with van der Waals surface area (Å²) in [5.74, 6) is 0.375. The van der Waals surface area contributed by atoms with Gasteiger partial charge < -0.3 is 40.3 Å². The van der Waals surface area contributed by atoms with Crippen molar-refractivity contribution in [1.82, 2.24) is 5.32 Å². The third kappa shape index (κ3) is 11.7. The van der Waals surface area contributed by atoms with Crippen molar-refractivity contribution in [1.29, 1.82) is 0 Å². The van der Waals surface area contributed by atoms with Crippen LogP contribution >= 0.6 is 0 Å². The lowest BCUT2D eigenvalue weighted by atomic mass is 10.0. The highest BCUT2D eigenvalue weighted by Gasteiger charge is 2.15. The van der Waals surface area contributed by atoms with Crippen LogP contribution in [0, 0.1) is 0 Å². The van der Waals surface area contributed by atoms with Gasteiger partial charge in [0.1, 0.15) is 24.2 Å². The van der Waals surface area contributed by atoms with Gasteiger partial charge in [-0.1, -0.05) is 55.3 Å². The van der Waals surface area contributed by atoms with Crippen LogP contribution < -0.4 is 10.1 Å². The summed E-state index contributed by atoms with van der Waals surface area (Å²) in [5.41, 5.74) is 3.39.